The number of hydrogen-bond acceptors (Lipinski definition) is 3. The first-order valence-corrected chi connectivity index (χ1v) is 9.18. The lowest BCUT2D eigenvalue weighted by atomic mass is 10.0. The highest BCUT2D eigenvalue weighted by atomic mass is 79.9. The number of ether oxygens (including phenoxy) is 1. The maximum Gasteiger partial charge on any atom is 0.134 e. The molecule has 0 saturated carbocycles. The standard InChI is InChI=1S/C23H14BrFN2O/c24-21-12-16(11-19(14-27)20-7-3-4-8-22(20)25)9-10-23(21)28-15-18-6-2-1-5-17(18)13-26/h1-12H,15H2. The van der Waals surface area contributed by atoms with Crippen LogP contribution in [0.25, 0.3) is 11.6 Å². The van der Waals surface area contributed by atoms with Crippen molar-refractivity contribution in [2.24, 2.45) is 0 Å². The summed E-state index contributed by atoms with van der Waals surface area (Å²) in [6, 6.07) is 23.0. The van der Waals surface area contributed by atoms with E-state index in [4.69, 9.17) is 10.00 Å². The largest absolute Gasteiger partial charge is 0.488 e. The molecule has 0 heterocycles. The second-order valence-electron chi connectivity index (χ2n) is 5.90. The Morgan fingerprint density at radius 3 is 2.50 bits per heavy atom. The van der Waals surface area contributed by atoms with Crippen LogP contribution >= 0.6 is 15.9 Å². The van der Waals surface area contributed by atoms with Crippen LogP contribution in [0.5, 0.6) is 5.75 Å². The molecule has 0 aliphatic rings. The molecule has 0 fully saturated rings. The van der Waals surface area contributed by atoms with Crippen LogP contribution in [0.3, 0.4) is 0 Å². The molecule has 3 aromatic carbocycles. The summed E-state index contributed by atoms with van der Waals surface area (Å²) in [7, 11) is 0. The molecular formula is C23H14BrFN2O. The zero-order valence-corrected chi connectivity index (χ0v) is 16.3. The highest BCUT2D eigenvalue weighted by Gasteiger charge is 2.09. The lowest BCUT2D eigenvalue weighted by Crippen LogP contribution is -1.98. The van der Waals surface area contributed by atoms with Gasteiger partial charge in [-0.15, -0.1) is 0 Å². The van der Waals surface area contributed by atoms with Gasteiger partial charge >= 0.3 is 0 Å². The van der Waals surface area contributed by atoms with Crippen LogP contribution in [0.1, 0.15) is 22.3 Å². The quantitative estimate of drug-likeness (QED) is 0.361. The first-order valence-electron chi connectivity index (χ1n) is 8.39. The third kappa shape index (κ3) is 4.46. The van der Waals surface area contributed by atoms with E-state index in [1.165, 1.54) is 6.07 Å². The van der Waals surface area contributed by atoms with E-state index in [-0.39, 0.29) is 17.7 Å². The summed E-state index contributed by atoms with van der Waals surface area (Å²) in [4.78, 5) is 0. The number of halogens is 2. The summed E-state index contributed by atoms with van der Waals surface area (Å²) < 4.78 is 20.5. The molecule has 5 heteroatoms. The van der Waals surface area contributed by atoms with E-state index < -0.39 is 5.82 Å². The molecule has 0 bridgehead atoms. The summed E-state index contributed by atoms with van der Waals surface area (Å²) in [6.07, 6.45) is 1.62. The van der Waals surface area contributed by atoms with Crippen LogP contribution in [-0.2, 0) is 6.61 Å². The van der Waals surface area contributed by atoms with E-state index in [0.29, 0.717) is 15.8 Å². The average Bonchev–Trinajstić information content (AvgIpc) is 2.72. The first kappa shape index (κ1) is 19.4. The lowest BCUT2D eigenvalue weighted by Gasteiger charge is -2.10. The minimum atomic E-state index is -0.439. The Bertz CT molecular complexity index is 1130. The summed E-state index contributed by atoms with van der Waals surface area (Å²) in [5.41, 5.74) is 2.60. The fourth-order valence-electron chi connectivity index (χ4n) is 2.65. The van der Waals surface area contributed by atoms with Crippen molar-refractivity contribution in [1.29, 1.82) is 10.5 Å². The fourth-order valence-corrected chi connectivity index (χ4v) is 3.16. The van der Waals surface area contributed by atoms with Gasteiger partial charge in [-0.25, -0.2) is 4.39 Å². The minimum absolute atomic E-state index is 0.238. The summed E-state index contributed by atoms with van der Waals surface area (Å²) in [6.45, 7) is 0.260. The van der Waals surface area contributed by atoms with E-state index in [9.17, 15) is 9.65 Å². The van der Waals surface area contributed by atoms with E-state index >= 15 is 0 Å². The third-order valence-corrected chi connectivity index (χ3v) is 4.69. The van der Waals surface area contributed by atoms with Gasteiger partial charge in [0.15, 0.2) is 0 Å². The van der Waals surface area contributed by atoms with Gasteiger partial charge in [-0.1, -0.05) is 42.5 Å². The van der Waals surface area contributed by atoms with Gasteiger partial charge in [0, 0.05) is 11.1 Å². The molecule has 0 aromatic heterocycles. The molecule has 0 unspecified atom stereocenters. The topological polar surface area (TPSA) is 56.8 Å². The number of allylic oxidation sites excluding steroid dienone is 1. The van der Waals surface area contributed by atoms with Crippen molar-refractivity contribution in [2.75, 3.05) is 0 Å². The SMILES string of the molecule is N#CC(=Cc1ccc(OCc2ccccc2C#N)c(Br)c1)c1ccccc1F. The summed E-state index contributed by atoms with van der Waals surface area (Å²) in [5.74, 6) is 0.166. The molecule has 136 valence electrons. The van der Waals surface area contributed by atoms with Crippen LogP contribution < -0.4 is 4.74 Å². The molecule has 0 radical (unpaired) electrons. The van der Waals surface area contributed by atoms with Crippen LogP contribution in [0.2, 0.25) is 0 Å². The second kappa shape index (κ2) is 8.99. The first-order chi connectivity index (χ1) is 13.6. The van der Waals surface area contributed by atoms with Gasteiger partial charge in [0.25, 0.3) is 0 Å². The van der Waals surface area contributed by atoms with Crippen molar-refractivity contribution < 1.29 is 9.13 Å². The molecule has 0 amide bonds. The molecule has 3 rings (SSSR count). The van der Waals surface area contributed by atoms with E-state index in [0.717, 1.165) is 11.1 Å². The predicted octanol–water partition coefficient (Wildman–Crippen LogP) is 6.10. The maximum absolute atomic E-state index is 14.0. The zero-order chi connectivity index (χ0) is 19.9. The van der Waals surface area contributed by atoms with Crippen LogP contribution in [0.4, 0.5) is 4.39 Å². The van der Waals surface area contributed by atoms with Crippen molar-refractivity contribution in [3.05, 3.63) is 99.3 Å². The van der Waals surface area contributed by atoms with E-state index in [1.54, 1.807) is 54.6 Å². The Kier molecular flexibility index (Phi) is 6.22. The van der Waals surface area contributed by atoms with E-state index in [2.05, 4.69) is 22.0 Å². The normalized spacial score (nSPS) is 10.8. The number of benzene rings is 3. The van der Waals surface area contributed by atoms with Crippen molar-refractivity contribution in [3.63, 3.8) is 0 Å². The third-order valence-electron chi connectivity index (χ3n) is 4.07. The van der Waals surface area contributed by atoms with Crippen molar-refractivity contribution in [3.8, 4) is 17.9 Å². The van der Waals surface area contributed by atoms with Gasteiger partial charge in [-0.05, 0) is 51.8 Å². The molecule has 0 aliphatic heterocycles. The Morgan fingerprint density at radius 2 is 1.79 bits per heavy atom. The van der Waals surface area contributed by atoms with Gasteiger partial charge in [0.1, 0.15) is 18.2 Å². The summed E-state index contributed by atoms with van der Waals surface area (Å²) in [5, 5.41) is 18.6. The Morgan fingerprint density at radius 1 is 1.04 bits per heavy atom. The Balaban J connectivity index is 1.82. The van der Waals surface area contributed by atoms with Gasteiger partial charge in [0.05, 0.1) is 27.7 Å². The number of nitriles is 2. The minimum Gasteiger partial charge on any atom is -0.488 e. The van der Waals surface area contributed by atoms with Gasteiger partial charge in [-0.2, -0.15) is 10.5 Å². The molecule has 0 N–H and O–H groups in total. The van der Waals surface area contributed by atoms with Gasteiger partial charge < -0.3 is 4.74 Å². The summed E-state index contributed by atoms with van der Waals surface area (Å²) >= 11 is 3.46. The highest BCUT2D eigenvalue weighted by Crippen LogP contribution is 2.29. The van der Waals surface area contributed by atoms with Crippen LogP contribution in [-0.4, -0.2) is 0 Å². The van der Waals surface area contributed by atoms with Gasteiger partial charge in [0.2, 0.25) is 0 Å². The number of hydrogen-bond donors (Lipinski definition) is 0. The Labute approximate surface area is 171 Å². The highest BCUT2D eigenvalue weighted by molar-refractivity contribution is 9.10. The Hall–Kier alpha value is -3.41. The van der Waals surface area contributed by atoms with E-state index in [1.807, 2.05) is 18.2 Å². The molecular weight excluding hydrogens is 419 g/mol. The molecule has 0 aliphatic carbocycles. The van der Waals surface area contributed by atoms with Crippen molar-refractivity contribution in [1.82, 2.24) is 0 Å². The monoisotopic (exact) mass is 432 g/mol. The van der Waals surface area contributed by atoms with Crippen LogP contribution in [0.15, 0.2) is 71.2 Å². The molecule has 0 spiro atoms. The molecule has 28 heavy (non-hydrogen) atoms. The average molecular weight is 433 g/mol. The zero-order valence-electron chi connectivity index (χ0n) is 14.7. The molecule has 3 aromatic rings. The number of nitrogens with zero attached hydrogens (tertiary/aromatic N) is 2. The van der Waals surface area contributed by atoms with Crippen LogP contribution in [0, 0.1) is 28.5 Å². The van der Waals surface area contributed by atoms with Crippen molar-refractivity contribution in [2.45, 2.75) is 6.61 Å². The molecule has 0 saturated heterocycles. The molecule has 3 nitrogen and oxygen atoms in total. The smallest absolute Gasteiger partial charge is 0.134 e. The van der Waals surface area contributed by atoms with Gasteiger partial charge in [-0.3, -0.25) is 0 Å². The second-order valence-corrected chi connectivity index (χ2v) is 6.75. The number of rotatable bonds is 5. The molecule has 0 atom stereocenters. The fraction of sp³-hybridized carbons (Fsp3) is 0.0435. The van der Waals surface area contributed by atoms with Crippen molar-refractivity contribution >= 4 is 27.6 Å². The maximum atomic E-state index is 14.0. The lowest BCUT2D eigenvalue weighted by molar-refractivity contribution is 0.304. The predicted molar refractivity (Wildman–Crippen MR) is 110 cm³/mol.